The molecular weight excluding hydrogens is 270 g/mol. The predicted molar refractivity (Wildman–Crippen MR) is 76.6 cm³/mol. The molecule has 0 aliphatic carbocycles. The van der Waals surface area contributed by atoms with Crippen molar-refractivity contribution < 1.29 is 14.6 Å². The summed E-state index contributed by atoms with van der Waals surface area (Å²) in [6.07, 6.45) is -0.303. The minimum Gasteiger partial charge on any atom is -0.508 e. The number of benzene rings is 1. The third-order valence-electron chi connectivity index (χ3n) is 3.51. The highest BCUT2D eigenvalue weighted by Crippen LogP contribution is 2.24. The lowest BCUT2D eigenvalue weighted by Crippen LogP contribution is -2.49. The number of nitriles is 1. The van der Waals surface area contributed by atoms with Crippen LogP contribution in [0, 0.1) is 11.3 Å². The van der Waals surface area contributed by atoms with E-state index < -0.39 is 6.04 Å². The van der Waals surface area contributed by atoms with E-state index in [1.54, 1.807) is 30.0 Å². The quantitative estimate of drug-likeness (QED) is 0.917. The van der Waals surface area contributed by atoms with Gasteiger partial charge in [0.2, 0.25) is 0 Å². The number of carbonyl (C=O) groups is 1. The highest BCUT2D eigenvalue weighted by atomic mass is 16.6. The van der Waals surface area contributed by atoms with Crippen LogP contribution >= 0.6 is 0 Å². The Bertz CT molecular complexity index is 533. The van der Waals surface area contributed by atoms with Crippen molar-refractivity contribution in [1.29, 1.82) is 5.26 Å². The fourth-order valence-electron chi connectivity index (χ4n) is 2.44. The molecule has 1 atom stereocenters. The van der Waals surface area contributed by atoms with Crippen LogP contribution in [0.4, 0.5) is 4.79 Å². The summed E-state index contributed by atoms with van der Waals surface area (Å²) in [5.41, 5.74) is 0.766. The Morgan fingerprint density at radius 2 is 2.14 bits per heavy atom. The zero-order valence-electron chi connectivity index (χ0n) is 12.0. The minimum absolute atomic E-state index is 0.151. The maximum absolute atomic E-state index is 11.6. The van der Waals surface area contributed by atoms with E-state index in [0.717, 1.165) is 5.56 Å². The summed E-state index contributed by atoms with van der Waals surface area (Å²) in [5, 5.41) is 18.9. The van der Waals surface area contributed by atoms with Gasteiger partial charge in [0.1, 0.15) is 11.8 Å². The van der Waals surface area contributed by atoms with Gasteiger partial charge < -0.3 is 14.7 Å². The highest BCUT2D eigenvalue weighted by molar-refractivity contribution is 5.67. The maximum Gasteiger partial charge on any atom is 0.409 e. The van der Waals surface area contributed by atoms with Crippen molar-refractivity contribution in [3.05, 3.63) is 29.8 Å². The number of piperazine rings is 1. The molecule has 1 fully saturated rings. The smallest absolute Gasteiger partial charge is 0.409 e. The normalized spacial score (nSPS) is 17.0. The number of amides is 1. The number of ether oxygens (including phenoxy) is 1. The molecule has 2 rings (SSSR count). The molecule has 1 amide bonds. The van der Waals surface area contributed by atoms with Crippen molar-refractivity contribution in [1.82, 2.24) is 9.80 Å². The molecule has 1 aliphatic rings. The van der Waals surface area contributed by atoms with Crippen LogP contribution < -0.4 is 0 Å². The van der Waals surface area contributed by atoms with Crippen LogP contribution in [0.3, 0.4) is 0 Å². The summed E-state index contributed by atoms with van der Waals surface area (Å²) in [6, 6.07) is 8.58. The van der Waals surface area contributed by atoms with E-state index in [1.165, 1.54) is 0 Å². The maximum atomic E-state index is 11.6. The molecule has 1 unspecified atom stereocenters. The fraction of sp³-hybridized carbons (Fsp3) is 0.467. The molecule has 0 bridgehead atoms. The van der Waals surface area contributed by atoms with E-state index in [2.05, 4.69) is 6.07 Å². The van der Waals surface area contributed by atoms with E-state index in [0.29, 0.717) is 32.8 Å². The molecule has 1 N–H and O–H groups in total. The minimum atomic E-state index is -0.415. The first-order chi connectivity index (χ1) is 10.2. The van der Waals surface area contributed by atoms with Crippen LogP contribution in [0.5, 0.6) is 5.75 Å². The summed E-state index contributed by atoms with van der Waals surface area (Å²) < 4.78 is 4.97. The van der Waals surface area contributed by atoms with Crippen molar-refractivity contribution in [2.24, 2.45) is 0 Å². The second kappa shape index (κ2) is 6.95. The van der Waals surface area contributed by atoms with E-state index in [-0.39, 0.29) is 11.8 Å². The molecule has 6 nitrogen and oxygen atoms in total. The first-order valence-electron chi connectivity index (χ1n) is 7.00. The Morgan fingerprint density at radius 3 is 2.71 bits per heavy atom. The number of hydrogen-bond donors (Lipinski definition) is 1. The van der Waals surface area contributed by atoms with Gasteiger partial charge >= 0.3 is 6.09 Å². The first kappa shape index (κ1) is 15.1. The zero-order chi connectivity index (χ0) is 15.2. The van der Waals surface area contributed by atoms with Gasteiger partial charge in [0, 0.05) is 26.2 Å². The molecule has 0 spiro atoms. The Hall–Kier alpha value is -2.26. The first-order valence-corrected chi connectivity index (χ1v) is 7.00. The zero-order valence-corrected chi connectivity index (χ0v) is 12.0. The van der Waals surface area contributed by atoms with Crippen molar-refractivity contribution in [2.75, 3.05) is 32.8 Å². The monoisotopic (exact) mass is 289 g/mol. The van der Waals surface area contributed by atoms with Gasteiger partial charge in [0.05, 0.1) is 12.7 Å². The standard InChI is InChI=1S/C15H19N3O3/c1-2-21-15(20)18-8-6-17(7-9-18)14(11-16)12-4-3-5-13(19)10-12/h3-5,10,14,19H,2,6-9H2,1H3. The van der Waals surface area contributed by atoms with Gasteiger partial charge in [-0.1, -0.05) is 12.1 Å². The second-order valence-electron chi connectivity index (χ2n) is 4.85. The molecule has 0 radical (unpaired) electrons. The lowest BCUT2D eigenvalue weighted by Gasteiger charge is -2.36. The molecule has 21 heavy (non-hydrogen) atoms. The van der Waals surface area contributed by atoms with Crippen LogP contribution in [0.2, 0.25) is 0 Å². The summed E-state index contributed by atoms with van der Waals surface area (Å²) in [4.78, 5) is 15.3. The van der Waals surface area contributed by atoms with Crippen LogP contribution in [0.25, 0.3) is 0 Å². The lowest BCUT2D eigenvalue weighted by molar-refractivity contribution is 0.0733. The van der Waals surface area contributed by atoms with Gasteiger partial charge in [-0.15, -0.1) is 0 Å². The topological polar surface area (TPSA) is 76.8 Å². The number of rotatable bonds is 3. The SMILES string of the molecule is CCOC(=O)N1CCN(C(C#N)c2cccc(O)c2)CC1. The Labute approximate surface area is 124 Å². The number of phenols is 1. The van der Waals surface area contributed by atoms with Gasteiger partial charge in [0.15, 0.2) is 0 Å². The lowest BCUT2D eigenvalue weighted by atomic mass is 10.1. The molecule has 1 aliphatic heterocycles. The van der Waals surface area contributed by atoms with Crippen LogP contribution in [0.15, 0.2) is 24.3 Å². The molecule has 112 valence electrons. The third kappa shape index (κ3) is 3.64. The highest BCUT2D eigenvalue weighted by Gasteiger charge is 2.27. The average molecular weight is 289 g/mol. The van der Waals surface area contributed by atoms with Gasteiger partial charge in [-0.3, -0.25) is 4.90 Å². The van der Waals surface area contributed by atoms with E-state index in [9.17, 15) is 15.2 Å². The summed E-state index contributed by atoms with van der Waals surface area (Å²) >= 11 is 0. The summed E-state index contributed by atoms with van der Waals surface area (Å²) in [6.45, 7) is 4.43. The summed E-state index contributed by atoms with van der Waals surface area (Å²) in [5.74, 6) is 0.151. The molecular formula is C15H19N3O3. The summed E-state index contributed by atoms with van der Waals surface area (Å²) in [7, 11) is 0. The third-order valence-corrected chi connectivity index (χ3v) is 3.51. The van der Waals surface area contributed by atoms with Crippen molar-refractivity contribution >= 4 is 6.09 Å². The Balaban J connectivity index is 2.00. The molecule has 1 saturated heterocycles. The van der Waals surface area contributed by atoms with Crippen molar-refractivity contribution in [2.45, 2.75) is 13.0 Å². The van der Waals surface area contributed by atoms with E-state index >= 15 is 0 Å². The average Bonchev–Trinajstić information content (AvgIpc) is 2.49. The van der Waals surface area contributed by atoms with Gasteiger partial charge in [-0.25, -0.2) is 4.79 Å². The van der Waals surface area contributed by atoms with Crippen molar-refractivity contribution in [3.63, 3.8) is 0 Å². The van der Waals surface area contributed by atoms with Gasteiger partial charge in [-0.2, -0.15) is 5.26 Å². The number of hydrogen-bond acceptors (Lipinski definition) is 5. The molecule has 1 aromatic carbocycles. The number of phenolic OH excluding ortho intramolecular Hbond substituents is 1. The molecule has 1 aromatic rings. The van der Waals surface area contributed by atoms with E-state index in [4.69, 9.17) is 4.74 Å². The number of carbonyl (C=O) groups excluding carboxylic acids is 1. The van der Waals surface area contributed by atoms with Crippen LogP contribution in [0.1, 0.15) is 18.5 Å². The van der Waals surface area contributed by atoms with Crippen LogP contribution in [-0.4, -0.2) is 53.8 Å². The predicted octanol–water partition coefficient (Wildman–Crippen LogP) is 1.73. The molecule has 0 aromatic heterocycles. The largest absolute Gasteiger partial charge is 0.508 e. The number of aromatic hydroxyl groups is 1. The van der Waals surface area contributed by atoms with Gasteiger partial charge in [0.25, 0.3) is 0 Å². The molecule has 6 heteroatoms. The Kier molecular flexibility index (Phi) is 5.01. The van der Waals surface area contributed by atoms with E-state index in [1.807, 2.05) is 11.0 Å². The Morgan fingerprint density at radius 1 is 1.43 bits per heavy atom. The van der Waals surface area contributed by atoms with Crippen molar-refractivity contribution in [3.8, 4) is 11.8 Å². The van der Waals surface area contributed by atoms with Gasteiger partial charge in [-0.05, 0) is 24.6 Å². The molecule has 1 heterocycles. The van der Waals surface area contributed by atoms with Crippen LogP contribution in [-0.2, 0) is 4.74 Å². The molecule has 0 saturated carbocycles. The fourth-order valence-corrected chi connectivity index (χ4v) is 2.44. The number of nitrogens with zero attached hydrogens (tertiary/aromatic N) is 3. The second-order valence-corrected chi connectivity index (χ2v) is 4.85.